The molecule has 1 aliphatic rings. The van der Waals surface area contributed by atoms with Crippen molar-refractivity contribution < 1.29 is 13.9 Å². The molecule has 1 aromatic heterocycles. The van der Waals surface area contributed by atoms with Gasteiger partial charge in [0.2, 0.25) is 0 Å². The number of piperidine rings is 1. The molecule has 1 fully saturated rings. The Morgan fingerprint density at radius 1 is 1.21 bits per heavy atom. The van der Waals surface area contributed by atoms with Crippen LogP contribution in [0.3, 0.4) is 0 Å². The predicted octanol–water partition coefficient (Wildman–Crippen LogP) is 4.31. The number of hydrogen-bond acceptors (Lipinski definition) is 6. The van der Waals surface area contributed by atoms with Gasteiger partial charge in [0, 0.05) is 12.1 Å². The molecule has 0 spiro atoms. The quantitative estimate of drug-likeness (QED) is 0.663. The van der Waals surface area contributed by atoms with E-state index in [0.29, 0.717) is 28.2 Å². The highest BCUT2D eigenvalue weighted by atomic mass is 35.5. The normalized spacial score (nSPS) is 14.8. The van der Waals surface area contributed by atoms with Crippen molar-refractivity contribution in [2.75, 3.05) is 25.5 Å². The van der Waals surface area contributed by atoms with Crippen molar-refractivity contribution in [3.63, 3.8) is 0 Å². The molecule has 0 aliphatic carbocycles. The minimum absolute atomic E-state index is 0.0382. The number of fused-ring (bicyclic) bond motifs is 1. The standard InChI is InChI=1S/C20H20ClFN4O2/c1-27-13-9-16-18(17(10-13)28-12-5-7-23-8-6-12)20(25-11-24-16)26-15-4-2-3-14(21)19(15)22/h2-4,9-12,23H,5-8H2,1H3,(H,24,25,26). The second kappa shape index (κ2) is 8.16. The predicted molar refractivity (Wildman–Crippen MR) is 107 cm³/mol. The van der Waals surface area contributed by atoms with Gasteiger partial charge in [0.1, 0.15) is 29.7 Å². The lowest BCUT2D eigenvalue weighted by Crippen LogP contribution is -2.34. The molecule has 28 heavy (non-hydrogen) atoms. The Hall–Kier alpha value is -2.64. The van der Waals surface area contributed by atoms with E-state index in [0.717, 1.165) is 25.9 Å². The lowest BCUT2D eigenvalue weighted by atomic mass is 10.1. The second-order valence-electron chi connectivity index (χ2n) is 6.54. The van der Waals surface area contributed by atoms with E-state index >= 15 is 0 Å². The first-order valence-corrected chi connectivity index (χ1v) is 9.44. The fourth-order valence-corrected chi connectivity index (χ4v) is 3.43. The topological polar surface area (TPSA) is 68.3 Å². The maximum atomic E-state index is 14.4. The van der Waals surface area contributed by atoms with Crippen LogP contribution in [-0.2, 0) is 0 Å². The number of nitrogens with one attached hydrogen (secondary N) is 2. The minimum Gasteiger partial charge on any atom is -0.497 e. The monoisotopic (exact) mass is 402 g/mol. The molecule has 2 aromatic carbocycles. The zero-order valence-electron chi connectivity index (χ0n) is 15.3. The number of anilines is 2. The van der Waals surface area contributed by atoms with Crippen LogP contribution in [0.5, 0.6) is 11.5 Å². The average Bonchev–Trinajstić information content (AvgIpc) is 2.72. The van der Waals surface area contributed by atoms with Gasteiger partial charge in [0.05, 0.1) is 28.7 Å². The lowest BCUT2D eigenvalue weighted by Gasteiger charge is -2.25. The van der Waals surface area contributed by atoms with E-state index in [2.05, 4.69) is 20.6 Å². The first-order chi connectivity index (χ1) is 13.7. The number of ether oxygens (including phenoxy) is 2. The van der Waals surface area contributed by atoms with E-state index in [4.69, 9.17) is 21.1 Å². The largest absolute Gasteiger partial charge is 0.497 e. The number of halogens is 2. The maximum Gasteiger partial charge on any atom is 0.165 e. The SMILES string of the molecule is COc1cc(OC2CCNCC2)c2c(Nc3cccc(Cl)c3F)ncnc2c1. The van der Waals surface area contributed by atoms with Gasteiger partial charge < -0.3 is 20.1 Å². The van der Waals surface area contributed by atoms with E-state index in [1.807, 2.05) is 6.07 Å². The van der Waals surface area contributed by atoms with Crippen LogP contribution in [0, 0.1) is 5.82 Å². The van der Waals surface area contributed by atoms with Gasteiger partial charge in [-0.3, -0.25) is 0 Å². The van der Waals surface area contributed by atoms with Gasteiger partial charge in [0.25, 0.3) is 0 Å². The third-order valence-electron chi connectivity index (χ3n) is 4.70. The number of rotatable bonds is 5. The summed E-state index contributed by atoms with van der Waals surface area (Å²) in [5.41, 5.74) is 0.874. The maximum absolute atomic E-state index is 14.4. The highest BCUT2D eigenvalue weighted by Crippen LogP contribution is 2.37. The molecule has 1 saturated heterocycles. The summed E-state index contributed by atoms with van der Waals surface area (Å²) in [4.78, 5) is 8.66. The van der Waals surface area contributed by atoms with Crippen LogP contribution in [0.1, 0.15) is 12.8 Å². The molecule has 0 atom stereocenters. The molecule has 0 unspecified atom stereocenters. The van der Waals surface area contributed by atoms with Gasteiger partial charge >= 0.3 is 0 Å². The fourth-order valence-electron chi connectivity index (χ4n) is 3.26. The summed E-state index contributed by atoms with van der Waals surface area (Å²) < 4.78 is 26.1. The smallest absolute Gasteiger partial charge is 0.165 e. The number of hydrogen-bond donors (Lipinski definition) is 2. The zero-order chi connectivity index (χ0) is 19.5. The summed E-state index contributed by atoms with van der Waals surface area (Å²) in [5, 5.41) is 7.05. The third-order valence-corrected chi connectivity index (χ3v) is 4.99. The van der Waals surface area contributed by atoms with E-state index in [1.165, 1.54) is 12.4 Å². The molecule has 1 aliphatic heterocycles. The Balaban J connectivity index is 1.78. The molecular weight excluding hydrogens is 383 g/mol. The van der Waals surface area contributed by atoms with Crippen LogP contribution in [0.25, 0.3) is 10.9 Å². The Kier molecular flexibility index (Phi) is 5.45. The van der Waals surface area contributed by atoms with Crippen molar-refractivity contribution in [1.29, 1.82) is 0 Å². The van der Waals surface area contributed by atoms with Gasteiger partial charge in [-0.15, -0.1) is 0 Å². The second-order valence-corrected chi connectivity index (χ2v) is 6.94. The summed E-state index contributed by atoms with van der Waals surface area (Å²) >= 11 is 5.90. The van der Waals surface area contributed by atoms with E-state index in [-0.39, 0.29) is 16.8 Å². The molecule has 3 aromatic rings. The lowest BCUT2D eigenvalue weighted by molar-refractivity contribution is 0.164. The van der Waals surface area contributed by atoms with Crippen molar-refractivity contribution in [2.24, 2.45) is 0 Å². The zero-order valence-corrected chi connectivity index (χ0v) is 16.1. The van der Waals surface area contributed by atoms with E-state index in [9.17, 15) is 4.39 Å². The number of nitrogens with zero attached hydrogens (tertiary/aromatic N) is 2. The molecule has 2 N–H and O–H groups in total. The van der Waals surface area contributed by atoms with Crippen LogP contribution in [0.4, 0.5) is 15.9 Å². The Bertz CT molecular complexity index is 995. The first-order valence-electron chi connectivity index (χ1n) is 9.07. The molecule has 8 heteroatoms. The van der Waals surface area contributed by atoms with Gasteiger partial charge in [-0.05, 0) is 38.1 Å². The highest BCUT2D eigenvalue weighted by molar-refractivity contribution is 6.31. The van der Waals surface area contributed by atoms with Crippen molar-refractivity contribution in [2.45, 2.75) is 18.9 Å². The molecule has 6 nitrogen and oxygen atoms in total. The van der Waals surface area contributed by atoms with Gasteiger partial charge in [-0.2, -0.15) is 0 Å². The molecular formula is C20H20ClFN4O2. The Morgan fingerprint density at radius 3 is 2.82 bits per heavy atom. The van der Waals surface area contributed by atoms with Crippen LogP contribution in [0.15, 0.2) is 36.7 Å². The van der Waals surface area contributed by atoms with Crippen LogP contribution in [0.2, 0.25) is 5.02 Å². The van der Waals surface area contributed by atoms with E-state index < -0.39 is 5.82 Å². The number of methoxy groups -OCH3 is 1. The third kappa shape index (κ3) is 3.81. The highest BCUT2D eigenvalue weighted by Gasteiger charge is 2.20. The first kappa shape index (κ1) is 18.7. The Morgan fingerprint density at radius 2 is 2.04 bits per heavy atom. The van der Waals surface area contributed by atoms with Crippen LogP contribution in [-0.4, -0.2) is 36.3 Å². The number of aromatic nitrogens is 2. The van der Waals surface area contributed by atoms with Crippen LogP contribution < -0.4 is 20.1 Å². The summed E-state index contributed by atoms with van der Waals surface area (Å²) in [7, 11) is 1.59. The number of benzene rings is 2. The molecule has 146 valence electrons. The van der Waals surface area contributed by atoms with Crippen molar-refractivity contribution in [3.05, 3.63) is 47.5 Å². The van der Waals surface area contributed by atoms with Crippen LogP contribution >= 0.6 is 11.6 Å². The molecule has 0 radical (unpaired) electrons. The van der Waals surface area contributed by atoms with Gasteiger partial charge in [0.15, 0.2) is 5.82 Å². The van der Waals surface area contributed by atoms with Crippen molar-refractivity contribution in [1.82, 2.24) is 15.3 Å². The summed E-state index contributed by atoms with van der Waals surface area (Å²) in [5.74, 6) is 1.14. The average molecular weight is 403 g/mol. The Labute approximate surface area is 167 Å². The molecule has 2 heterocycles. The van der Waals surface area contributed by atoms with Gasteiger partial charge in [-0.25, -0.2) is 14.4 Å². The summed E-state index contributed by atoms with van der Waals surface area (Å²) in [6.07, 6.45) is 3.30. The van der Waals surface area contributed by atoms with Crippen molar-refractivity contribution >= 4 is 34.0 Å². The van der Waals surface area contributed by atoms with Crippen molar-refractivity contribution in [3.8, 4) is 11.5 Å². The van der Waals surface area contributed by atoms with Gasteiger partial charge in [-0.1, -0.05) is 17.7 Å². The molecule has 0 amide bonds. The molecule has 4 rings (SSSR count). The summed E-state index contributed by atoms with van der Waals surface area (Å²) in [6, 6.07) is 8.38. The molecule has 0 bridgehead atoms. The minimum atomic E-state index is -0.537. The summed E-state index contributed by atoms with van der Waals surface area (Å²) in [6.45, 7) is 1.81. The van der Waals surface area contributed by atoms with E-state index in [1.54, 1.807) is 25.3 Å². The molecule has 0 saturated carbocycles. The fraction of sp³-hybridized carbons (Fsp3) is 0.300.